The number of fused-ring (bicyclic) bond motifs is 6. The number of aliphatic carboxylic acids is 2. The number of amides is 4. The highest BCUT2D eigenvalue weighted by Crippen LogP contribution is 2.57. The molecular weight excluding hydrogens is 1080 g/mol. The summed E-state index contributed by atoms with van der Waals surface area (Å²) in [6.07, 6.45) is 9.40. The van der Waals surface area contributed by atoms with Crippen LogP contribution in [0.1, 0.15) is 134 Å². The van der Waals surface area contributed by atoms with Crippen LogP contribution in [0.2, 0.25) is 0 Å². The Morgan fingerprint density at radius 1 is 0.627 bits per heavy atom. The lowest BCUT2D eigenvalue weighted by Crippen LogP contribution is -2.46. The minimum absolute atomic E-state index is 0.0205. The van der Waals surface area contributed by atoms with Crippen molar-refractivity contribution in [2.24, 2.45) is 0 Å². The Balaban J connectivity index is 0.00000361. The number of esters is 1. The molecule has 0 saturated heterocycles. The van der Waals surface area contributed by atoms with Crippen LogP contribution in [-0.4, -0.2) is 148 Å². The molecule has 0 fully saturated rings. The molecule has 4 amide bonds. The number of hydrogen-bond donors (Lipinski definition) is 8. The second kappa shape index (κ2) is 32.4. The quantitative estimate of drug-likeness (QED) is 0.0144. The lowest BCUT2D eigenvalue weighted by atomic mass is 9.77. The van der Waals surface area contributed by atoms with Gasteiger partial charge in [-0.2, -0.15) is 9.59 Å². The minimum atomic E-state index is -1.43. The molecule has 4 aromatic carbocycles. The largest absolute Gasteiger partial charge is 0.508 e. The number of ether oxygens (including phenoxy) is 5. The molecular formula is C58H67N7O18. The van der Waals surface area contributed by atoms with Gasteiger partial charge in [-0.15, -0.1) is 5.10 Å². The van der Waals surface area contributed by atoms with E-state index in [0.29, 0.717) is 73.4 Å². The molecule has 0 saturated carbocycles. The number of benzene rings is 4. The van der Waals surface area contributed by atoms with Crippen LogP contribution in [0.15, 0.2) is 85.1 Å². The molecule has 2 aliphatic heterocycles. The third-order valence-corrected chi connectivity index (χ3v) is 13.3. The average Bonchev–Trinajstić information content (AvgIpc) is 2.07. The zero-order chi connectivity index (χ0) is 59.6. The monoisotopic (exact) mass is 1150 g/mol. The van der Waals surface area contributed by atoms with Crippen molar-refractivity contribution in [2.45, 2.75) is 95.2 Å². The van der Waals surface area contributed by atoms with E-state index < -0.39 is 41.5 Å². The van der Waals surface area contributed by atoms with Gasteiger partial charge < -0.3 is 65.4 Å². The zero-order valence-electron chi connectivity index (χ0n) is 45.6. The summed E-state index contributed by atoms with van der Waals surface area (Å²) < 4.78 is 30.5. The summed E-state index contributed by atoms with van der Waals surface area (Å²) in [6.45, 7) is 2.85. The van der Waals surface area contributed by atoms with Crippen LogP contribution in [0.3, 0.4) is 0 Å². The highest BCUT2D eigenvalue weighted by Gasteiger charge is 2.54. The molecule has 5 aromatic rings. The third kappa shape index (κ3) is 18.8. The van der Waals surface area contributed by atoms with Crippen molar-refractivity contribution < 1.29 is 87.3 Å². The average molecular weight is 1150 g/mol. The van der Waals surface area contributed by atoms with E-state index in [1.165, 1.54) is 30.3 Å². The Bertz CT molecular complexity index is 3020. The van der Waals surface area contributed by atoms with E-state index >= 15 is 0 Å². The van der Waals surface area contributed by atoms with E-state index in [1.54, 1.807) is 53.2 Å². The van der Waals surface area contributed by atoms with Crippen LogP contribution in [0, 0.1) is 0 Å². The molecule has 2 aliphatic rings. The number of carbonyl (C=O) groups is 7. The van der Waals surface area contributed by atoms with Gasteiger partial charge in [0.15, 0.2) is 11.4 Å². The summed E-state index contributed by atoms with van der Waals surface area (Å²) >= 11 is 0. The van der Waals surface area contributed by atoms with Gasteiger partial charge in [-0.25, -0.2) is 14.4 Å². The lowest BCUT2D eigenvalue weighted by Gasteiger charge is -2.36. The van der Waals surface area contributed by atoms with Crippen molar-refractivity contribution in [3.8, 4) is 23.0 Å². The van der Waals surface area contributed by atoms with Gasteiger partial charge in [-0.3, -0.25) is 23.9 Å². The Kier molecular flexibility index (Phi) is 24.7. The predicted octanol–water partition coefficient (Wildman–Crippen LogP) is 5.44. The van der Waals surface area contributed by atoms with Gasteiger partial charge in [0.1, 0.15) is 29.0 Å². The Morgan fingerprint density at radius 2 is 1.19 bits per heavy atom. The number of carbonyl (C=O) groups excluding carboxylic acids is 7. The number of Topliss-reactive ketones (excluding diaryl/α,β-unsaturated/α-hetero) is 1. The smallest absolute Gasteiger partial charge is 0.373 e. The summed E-state index contributed by atoms with van der Waals surface area (Å²) in [5.41, 5.74) is 2.31. The van der Waals surface area contributed by atoms with E-state index in [2.05, 4.69) is 31.6 Å². The fourth-order valence-corrected chi connectivity index (χ4v) is 9.23. The van der Waals surface area contributed by atoms with Crippen LogP contribution in [0.5, 0.6) is 23.0 Å². The minimum Gasteiger partial charge on any atom is -0.508 e. The van der Waals surface area contributed by atoms with Crippen molar-refractivity contribution in [3.63, 3.8) is 0 Å². The van der Waals surface area contributed by atoms with Gasteiger partial charge in [0, 0.05) is 90.7 Å². The number of rotatable bonds is 34. The molecule has 25 heteroatoms. The maximum absolute atomic E-state index is 13.4. The topological polar surface area (TPSA) is 360 Å². The van der Waals surface area contributed by atoms with Crippen molar-refractivity contribution in [3.05, 3.63) is 130 Å². The normalized spacial score (nSPS) is 12.7. The molecule has 7 rings (SSSR count). The number of aryl methyl sites for hydroxylation is 2. The molecule has 1 aromatic heterocycles. The van der Waals surface area contributed by atoms with Crippen molar-refractivity contribution >= 4 is 47.7 Å². The van der Waals surface area contributed by atoms with E-state index in [-0.39, 0.29) is 111 Å². The highest BCUT2D eigenvalue weighted by atomic mass is 16.6. The standard InChI is InChI=1S/C57H67N7O16.CO2/c65-41-18-21-45-49(34-41)79-50-35-42(66)19-22-46(50)57(45)44-20-17-39(33-43(44)55(74)80-57)53(71)59-25-28-77-30-32-78-31-29-76-27-24-58-52(70)38-15-13-37(14-16-38)48(67)11-5-3-1-2-4-9-40-36-64(63-62-40)26-7-6-10-47(54(72)73)61-56(75)60-23-8-12-51(68)69;2-1-3/h13-22,33-36,47,65-66H,1-12,23-32H2,(H,58,70)(H,59,71)(H,68,69)(H,72,73)(H2,60,61,75);/t47-;/m1./s1. The van der Waals surface area contributed by atoms with Crippen molar-refractivity contribution in [1.29, 1.82) is 0 Å². The summed E-state index contributed by atoms with van der Waals surface area (Å²) in [4.78, 5) is 102. The van der Waals surface area contributed by atoms with Crippen LogP contribution in [0.25, 0.3) is 0 Å². The number of carboxylic acids is 2. The maximum atomic E-state index is 13.4. The molecule has 0 radical (unpaired) electrons. The lowest BCUT2D eigenvalue weighted by molar-refractivity contribution is -0.191. The molecule has 0 bridgehead atoms. The summed E-state index contributed by atoms with van der Waals surface area (Å²) in [6, 6.07) is 18.6. The van der Waals surface area contributed by atoms with Gasteiger partial charge in [-0.1, -0.05) is 42.7 Å². The predicted molar refractivity (Wildman–Crippen MR) is 291 cm³/mol. The number of nitrogens with zero attached hydrogens (tertiary/aromatic N) is 3. The number of urea groups is 1. The molecule has 442 valence electrons. The van der Waals surface area contributed by atoms with Gasteiger partial charge in [0.25, 0.3) is 11.8 Å². The number of aromatic hydroxyl groups is 2. The number of nitrogens with one attached hydrogen (secondary N) is 4. The summed E-state index contributed by atoms with van der Waals surface area (Å²) in [5.74, 6) is -3.03. The van der Waals surface area contributed by atoms with Gasteiger partial charge in [-0.05, 0) is 93.5 Å². The van der Waals surface area contributed by atoms with E-state index in [1.807, 2.05) is 6.20 Å². The first kappa shape index (κ1) is 63.2. The zero-order valence-corrected chi connectivity index (χ0v) is 45.6. The molecule has 3 heterocycles. The number of phenolic OH excluding ortho intramolecular Hbond substituents is 2. The van der Waals surface area contributed by atoms with Crippen molar-refractivity contribution in [1.82, 2.24) is 36.3 Å². The first-order valence-corrected chi connectivity index (χ1v) is 27.2. The molecule has 8 N–H and O–H groups in total. The fraction of sp³-hybridized carbons (Fsp3) is 0.414. The summed E-state index contributed by atoms with van der Waals surface area (Å²) in [7, 11) is 0. The molecule has 83 heavy (non-hydrogen) atoms. The van der Waals surface area contributed by atoms with Gasteiger partial charge in [0.2, 0.25) is 0 Å². The second-order valence-electron chi connectivity index (χ2n) is 19.3. The van der Waals surface area contributed by atoms with E-state index in [0.717, 1.165) is 44.2 Å². The molecule has 1 spiro atoms. The molecule has 0 unspecified atom stereocenters. The number of phenols is 2. The SMILES string of the molecule is O=C(O)CCCNC(=O)N[C@H](CCCCn1cc(CCCCCCCC(=O)c2ccc(C(=O)NCCOCCOCCOCCNC(=O)c3ccc4c(c3)C(=O)OC43c4ccc(O)cc4Oc4cc(O)ccc43)cc2)nn1)C(=O)O.O=C=O. The second-order valence-corrected chi connectivity index (χ2v) is 19.3. The van der Waals surface area contributed by atoms with Crippen molar-refractivity contribution in [2.75, 3.05) is 59.3 Å². The van der Waals surface area contributed by atoms with Crippen LogP contribution in [0.4, 0.5) is 4.79 Å². The number of aromatic nitrogens is 3. The maximum Gasteiger partial charge on any atom is 0.373 e. The van der Waals surface area contributed by atoms with E-state index in [9.17, 15) is 48.9 Å². The van der Waals surface area contributed by atoms with Gasteiger partial charge in [0.05, 0.1) is 50.9 Å². The highest BCUT2D eigenvalue weighted by molar-refractivity contribution is 6.02. The van der Waals surface area contributed by atoms with Gasteiger partial charge >= 0.3 is 30.1 Å². The number of carboxylic acid groups (broad SMARTS) is 2. The molecule has 1 atom stereocenters. The van der Waals surface area contributed by atoms with Crippen LogP contribution in [-0.2, 0) is 56.7 Å². The van der Waals surface area contributed by atoms with Crippen LogP contribution >= 0.6 is 0 Å². The number of unbranched alkanes of at least 4 members (excludes halogenated alkanes) is 5. The Hall–Kier alpha value is -9.03. The first-order valence-electron chi connectivity index (χ1n) is 27.2. The third-order valence-electron chi connectivity index (χ3n) is 13.3. The van der Waals surface area contributed by atoms with E-state index in [4.69, 9.17) is 38.4 Å². The Labute approximate surface area is 477 Å². The number of ketones is 1. The summed E-state index contributed by atoms with van der Waals surface area (Å²) in [5, 5.41) is 57.3. The fourth-order valence-electron chi connectivity index (χ4n) is 9.23. The molecule has 25 nitrogen and oxygen atoms in total. The molecule has 0 aliphatic carbocycles. The Morgan fingerprint density at radius 3 is 1.82 bits per heavy atom. The van der Waals surface area contributed by atoms with Crippen LogP contribution < -0.4 is 26.0 Å². The number of hydrogen-bond acceptors (Lipinski definition) is 18. The first-order chi connectivity index (χ1) is 40.1.